The van der Waals surface area contributed by atoms with Crippen LogP contribution in [0.2, 0.25) is 0 Å². The lowest BCUT2D eigenvalue weighted by Crippen LogP contribution is -2.04. The first kappa shape index (κ1) is 12.8. The highest BCUT2D eigenvalue weighted by Gasteiger charge is 2.25. The minimum atomic E-state index is -0.710. The molecule has 0 bridgehead atoms. The fourth-order valence-corrected chi connectivity index (χ4v) is 1.53. The summed E-state index contributed by atoms with van der Waals surface area (Å²) in [5.74, 6) is -0.446. The minimum absolute atomic E-state index is 0.0272. The Morgan fingerprint density at radius 2 is 1.59 bits per heavy atom. The van der Waals surface area contributed by atoms with E-state index in [2.05, 4.69) is 0 Å². The molecule has 0 spiro atoms. The van der Waals surface area contributed by atoms with Crippen molar-refractivity contribution < 1.29 is 14.6 Å². The maximum absolute atomic E-state index is 11.1. The van der Waals surface area contributed by atoms with Crippen LogP contribution < -0.4 is 0 Å². The largest absolute Gasteiger partial charge is 0.295 e. The average molecular weight is 238 g/mol. The number of hydrogen-bond donors (Lipinski definition) is 0. The minimum Gasteiger partial charge on any atom is -0.295 e. The number of benzene rings is 1. The fourth-order valence-electron chi connectivity index (χ4n) is 1.53. The summed E-state index contributed by atoms with van der Waals surface area (Å²) in [4.78, 5) is 31.3. The molecule has 1 aromatic rings. The van der Waals surface area contributed by atoms with E-state index in [-0.39, 0.29) is 28.9 Å². The standard InChI is InChI=1S/C10H10N2O5/c1-3-8-9(11(14)15)4-7(6(2)13)5-10(8)12(16)17/h4-5H,3H2,1-2H3. The maximum Gasteiger partial charge on any atom is 0.280 e. The van der Waals surface area contributed by atoms with Crippen LogP contribution in [0.5, 0.6) is 0 Å². The zero-order valence-electron chi connectivity index (χ0n) is 9.30. The lowest BCUT2D eigenvalue weighted by Gasteiger charge is -2.03. The molecule has 0 aliphatic rings. The van der Waals surface area contributed by atoms with Crippen molar-refractivity contribution in [3.05, 3.63) is 43.5 Å². The molecule has 0 aromatic heterocycles. The Bertz CT molecular complexity index is 474. The molecule has 0 radical (unpaired) electrons. The molecule has 7 nitrogen and oxygen atoms in total. The van der Waals surface area contributed by atoms with E-state index in [1.54, 1.807) is 6.92 Å². The third kappa shape index (κ3) is 2.44. The normalized spacial score (nSPS) is 10.0. The van der Waals surface area contributed by atoms with Gasteiger partial charge in [0.1, 0.15) is 5.56 Å². The van der Waals surface area contributed by atoms with Crippen molar-refractivity contribution in [3.8, 4) is 0 Å². The number of Topliss-reactive ketones (excluding diaryl/α,β-unsaturated/α-hetero) is 1. The van der Waals surface area contributed by atoms with Gasteiger partial charge < -0.3 is 0 Å². The van der Waals surface area contributed by atoms with Gasteiger partial charge in [-0.15, -0.1) is 0 Å². The number of nitro groups is 2. The van der Waals surface area contributed by atoms with Crippen LogP contribution >= 0.6 is 0 Å². The van der Waals surface area contributed by atoms with E-state index >= 15 is 0 Å². The van der Waals surface area contributed by atoms with Crippen LogP contribution in [-0.2, 0) is 6.42 Å². The van der Waals surface area contributed by atoms with Gasteiger partial charge in [-0.3, -0.25) is 25.0 Å². The third-order valence-corrected chi connectivity index (χ3v) is 2.36. The highest BCUT2D eigenvalue weighted by molar-refractivity contribution is 5.95. The summed E-state index contributed by atoms with van der Waals surface area (Å²) in [5.41, 5.74) is -0.760. The molecule has 1 aromatic carbocycles. The SMILES string of the molecule is CCc1c([N+](=O)[O-])cc(C(C)=O)cc1[N+](=O)[O-]. The summed E-state index contributed by atoms with van der Waals surface area (Å²) >= 11 is 0. The summed E-state index contributed by atoms with van der Waals surface area (Å²) in [6, 6.07) is 2.16. The highest BCUT2D eigenvalue weighted by Crippen LogP contribution is 2.30. The van der Waals surface area contributed by atoms with E-state index in [9.17, 15) is 25.0 Å². The lowest BCUT2D eigenvalue weighted by molar-refractivity contribution is -0.395. The molecule has 0 N–H and O–H groups in total. The summed E-state index contributed by atoms with van der Waals surface area (Å²) < 4.78 is 0. The molecule has 0 aliphatic carbocycles. The maximum atomic E-state index is 11.1. The molecule has 1 rings (SSSR count). The van der Waals surface area contributed by atoms with Crippen LogP contribution in [0.25, 0.3) is 0 Å². The number of hydrogen-bond acceptors (Lipinski definition) is 5. The molecule has 0 heterocycles. The topological polar surface area (TPSA) is 103 Å². The van der Waals surface area contributed by atoms with Crippen LogP contribution in [0.4, 0.5) is 11.4 Å². The quantitative estimate of drug-likeness (QED) is 0.454. The van der Waals surface area contributed by atoms with Crippen molar-refractivity contribution in [2.75, 3.05) is 0 Å². The Balaban J connectivity index is 3.63. The van der Waals surface area contributed by atoms with E-state index in [1.165, 1.54) is 6.92 Å². The van der Waals surface area contributed by atoms with Crippen molar-refractivity contribution in [1.82, 2.24) is 0 Å². The monoisotopic (exact) mass is 238 g/mol. The van der Waals surface area contributed by atoms with Gasteiger partial charge in [-0.1, -0.05) is 6.92 Å². The molecular formula is C10H10N2O5. The van der Waals surface area contributed by atoms with Crippen molar-refractivity contribution in [2.45, 2.75) is 20.3 Å². The van der Waals surface area contributed by atoms with Gasteiger partial charge in [-0.05, 0) is 13.3 Å². The van der Waals surface area contributed by atoms with Crippen molar-refractivity contribution in [3.63, 3.8) is 0 Å². The first-order valence-corrected chi connectivity index (χ1v) is 4.85. The van der Waals surface area contributed by atoms with E-state index in [0.29, 0.717) is 0 Å². The Hall–Kier alpha value is -2.31. The number of ketones is 1. The Morgan fingerprint density at radius 3 is 1.82 bits per heavy atom. The summed E-state index contributed by atoms with van der Waals surface area (Å²) in [7, 11) is 0. The molecular weight excluding hydrogens is 228 g/mol. The van der Waals surface area contributed by atoms with Gasteiger partial charge in [0.15, 0.2) is 5.78 Å². The molecule has 0 saturated carbocycles. The number of nitro benzene ring substituents is 2. The number of rotatable bonds is 4. The van der Waals surface area contributed by atoms with Crippen LogP contribution in [-0.4, -0.2) is 15.6 Å². The van der Waals surface area contributed by atoms with E-state index in [0.717, 1.165) is 12.1 Å². The lowest BCUT2D eigenvalue weighted by atomic mass is 10.0. The van der Waals surface area contributed by atoms with Gasteiger partial charge in [0, 0.05) is 17.7 Å². The second-order valence-corrected chi connectivity index (χ2v) is 3.42. The molecule has 7 heteroatoms. The number of carbonyl (C=O) groups excluding carboxylic acids is 1. The zero-order chi connectivity index (χ0) is 13.2. The van der Waals surface area contributed by atoms with Crippen LogP contribution in [0.1, 0.15) is 29.8 Å². The number of nitrogens with zero attached hydrogens (tertiary/aromatic N) is 2. The van der Waals surface area contributed by atoms with Crippen molar-refractivity contribution in [2.24, 2.45) is 0 Å². The molecule has 0 amide bonds. The molecule has 0 fully saturated rings. The molecule has 0 aliphatic heterocycles. The van der Waals surface area contributed by atoms with Gasteiger partial charge in [-0.25, -0.2) is 0 Å². The summed E-state index contributed by atoms with van der Waals surface area (Å²) in [5, 5.41) is 21.6. The van der Waals surface area contributed by atoms with Crippen LogP contribution in [0.3, 0.4) is 0 Å². The Morgan fingerprint density at radius 1 is 1.18 bits per heavy atom. The first-order valence-electron chi connectivity index (χ1n) is 4.85. The second-order valence-electron chi connectivity index (χ2n) is 3.42. The molecule has 0 atom stereocenters. The predicted octanol–water partition coefficient (Wildman–Crippen LogP) is 2.27. The van der Waals surface area contributed by atoms with Gasteiger partial charge in [0.2, 0.25) is 0 Å². The fraction of sp³-hybridized carbons (Fsp3) is 0.300. The van der Waals surface area contributed by atoms with Crippen molar-refractivity contribution >= 4 is 17.2 Å². The van der Waals surface area contributed by atoms with Gasteiger partial charge >= 0.3 is 0 Å². The molecule has 0 unspecified atom stereocenters. The first-order chi connectivity index (χ1) is 7.88. The zero-order valence-corrected chi connectivity index (χ0v) is 9.30. The van der Waals surface area contributed by atoms with Gasteiger partial charge in [0.05, 0.1) is 9.85 Å². The molecule has 0 saturated heterocycles. The van der Waals surface area contributed by atoms with E-state index in [4.69, 9.17) is 0 Å². The average Bonchev–Trinajstić information content (AvgIpc) is 2.26. The van der Waals surface area contributed by atoms with E-state index in [1.807, 2.05) is 0 Å². The molecule has 90 valence electrons. The van der Waals surface area contributed by atoms with E-state index < -0.39 is 15.6 Å². The summed E-state index contributed by atoms with van der Waals surface area (Å²) in [6.45, 7) is 2.79. The van der Waals surface area contributed by atoms with Gasteiger partial charge in [-0.2, -0.15) is 0 Å². The third-order valence-electron chi connectivity index (χ3n) is 2.36. The predicted molar refractivity (Wildman–Crippen MR) is 59.1 cm³/mol. The second kappa shape index (κ2) is 4.69. The van der Waals surface area contributed by atoms with Crippen molar-refractivity contribution in [1.29, 1.82) is 0 Å². The number of carbonyl (C=O) groups is 1. The van der Waals surface area contributed by atoms with Crippen LogP contribution in [0, 0.1) is 20.2 Å². The van der Waals surface area contributed by atoms with Crippen LogP contribution in [0.15, 0.2) is 12.1 Å². The highest BCUT2D eigenvalue weighted by atomic mass is 16.6. The molecule has 17 heavy (non-hydrogen) atoms. The van der Waals surface area contributed by atoms with Gasteiger partial charge in [0.25, 0.3) is 11.4 Å². The summed E-state index contributed by atoms with van der Waals surface area (Å²) in [6.07, 6.45) is 0.158. The Labute approximate surface area is 96.4 Å². The smallest absolute Gasteiger partial charge is 0.280 e. The Kier molecular flexibility index (Phi) is 3.52.